The van der Waals surface area contributed by atoms with Crippen molar-refractivity contribution in [1.82, 2.24) is 0 Å². The molecule has 29 heavy (non-hydrogen) atoms. The van der Waals surface area contributed by atoms with Crippen molar-refractivity contribution >= 4 is 23.2 Å². The number of allylic oxidation sites excluding steroid dienone is 1. The van der Waals surface area contributed by atoms with E-state index in [2.05, 4.69) is 0 Å². The van der Waals surface area contributed by atoms with Gasteiger partial charge in [-0.15, -0.1) is 0 Å². The molecule has 2 heterocycles. The largest absolute Gasteiger partial charge is 0.496 e. The first-order valence-corrected chi connectivity index (χ1v) is 10.00. The van der Waals surface area contributed by atoms with Crippen LogP contribution in [0.15, 0.2) is 17.4 Å². The molecule has 156 valence electrons. The van der Waals surface area contributed by atoms with Crippen molar-refractivity contribution in [2.24, 2.45) is 5.92 Å². The molecule has 1 spiro atoms. The quantitative estimate of drug-likeness (QED) is 0.731. The van der Waals surface area contributed by atoms with Gasteiger partial charge in [0.25, 0.3) is 0 Å². The molecule has 0 saturated heterocycles. The molecule has 0 fully saturated rings. The molecule has 0 aromatic heterocycles. The summed E-state index contributed by atoms with van der Waals surface area (Å²) in [4.78, 5) is 26.5. The standard InChI is InChI=1S/C21H23ClO7/c1-5-27-15-7-6-11-12(23)8-10(2)21(20(11)28-15)19(24)16-13(25-3)9-14(26-4)17(22)18(16)29-21/h9-10,15H,5-8H2,1-4H3/t10-,15?,21-/m1/s1. The lowest BCUT2D eigenvalue weighted by Gasteiger charge is -2.42. The van der Waals surface area contributed by atoms with Gasteiger partial charge in [-0.25, -0.2) is 0 Å². The second kappa shape index (κ2) is 7.22. The second-order valence-electron chi connectivity index (χ2n) is 7.34. The van der Waals surface area contributed by atoms with Gasteiger partial charge in [0.05, 0.1) is 14.2 Å². The number of carbonyl (C=O) groups is 2. The van der Waals surface area contributed by atoms with Crippen LogP contribution in [0.3, 0.4) is 0 Å². The van der Waals surface area contributed by atoms with Crippen LogP contribution in [0.1, 0.15) is 43.5 Å². The molecule has 0 bridgehead atoms. The number of benzene rings is 1. The Balaban J connectivity index is 1.90. The van der Waals surface area contributed by atoms with Gasteiger partial charge in [0, 0.05) is 37.0 Å². The first-order chi connectivity index (χ1) is 13.9. The van der Waals surface area contributed by atoms with Crippen molar-refractivity contribution in [3.05, 3.63) is 28.0 Å². The zero-order chi connectivity index (χ0) is 20.9. The lowest BCUT2D eigenvalue weighted by molar-refractivity contribution is -0.152. The summed E-state index contributed by atoms with van der Waals surface area (Å²) in [5.41, 5.74) is -0.763. The number of halogens is 1. The first-order valence-electron chi connectivity index (χ1n) is 9.62. The topological polar surface area (TPSA) is 80.3 Å². The average molecular weight is 423 g/mol. The summed E-state index contributed by atoms with van der Waals surface area (Å²) < 4.78 is 28.7. The summed E-state index contributed by atoms with van der Waals surface area (Å²) in [5, 5.41) is 0.178. The number of ketones is 2. The Morgan fingerprint density at radius 2 is 1.97 bits per heavy atom. The minimum absolute atomic E-state index is 0.0314. The third kappa shape index (κ3) is 2.74. The van der Waals surface area contributed by atoms with E-state index in [0.29, 0.717) is 36.5 Å². The summed E-state index contributed by atoms with van der Waals surface area (Å²) in [6, 6.07) is 1.56. The van der Waals surface area contributed by atoms with Crippen LogP contribution in [0.2, 0.25) is 5.02 Å². The third-order valence-corrected chi connectivity index (χ3v) is 6.14. The molecule has 0 amide bonds. The van der Waals surface area contributed by atoms with E-state index in [1.54, 1.807) is 13.0 Å². The fourth-order valence-electron chi connectivity index (χ4n) is 4.36. The number of Topliss-reactive ketones (excluding diaryl/α,β-unsaturated/α-hetero) is 2. The van der Waals surface area contributed by atoms with E-state index in [4.69, 9.17) is 35.3 Å². The van der Waals surface area contributed by atoms with Gasteiger partial charge >= 0.3 is 0 Å². The van der Waals surface area contributed by atoms with Gasteiger partial charge in [-0.3, -0.25) is 9.59 Å². The molecule has 3 aliphatic rings. The van der Waals surface area contributed by atoms with Crippen LogP contribution in [0.5, 0.6) is 17.2 Å². The summed E-state index contributed by atoms with van der Waals surface area (Å²) in [7, 11) is 2.93. The molecule has 1 aromatic carbocycles. The van der Waals surface area contributed by atoms with Crippen LogP contribution in [0.4, 0.5) is 0 Å². The zero-order valence-corrected chi connectivity index (χ0v) is 17.6. The Kier molecular flexibility index (Phi) is 4.99. The highest BCUT2D eigenvalue weighted by molar-refractivity contribution is 6.35. The van der Waals surface area contributed by atoms with E-state index in [0.717, 1.165) is 0 Å². The van der Waals surface area contributed by atoms with Crippen molar-refractivity contribution < 1.29 is 33.3 Å². The van der Waals surface area contributed by atoms with Crippen molar-refractivity contribution in [2.75, 3.05) is 20.8 Å². The van der Waals surface area contributed by atoms with Gasteiger partial charge in [-0.1, -0.05) is 18.5 Å². The number of methoxy groups -OCH3 is 2. The predicted octanol–water partition coefficient (Wildman–Crippen LogP) is 3.71. The molecule has 0 saturated carbocycles. The summed E-state index contributed by atoms with van der Waals surface area (Å²) in [5.74, 6) is 0.229. The number of ether oxygens (including phenoxy) is 5. The molecule has 0 radical (unpaired) electrons. The van der Waals surface area contributed by atoms with E-state index >= 15 is 0 Å². The Morgan fingerprint density at radius 1 is 1.24 bits per heavy atom. The first kappa shape index (κ1) is 20.0. The Hall–Kier alpha value is -2.25. The van der Waals surface area contributed by atoms with Gasteiger partial charge in [-0.2, -0.15) is 0 Å². The summed E-state index contributed by atoms with van der Waals surface area (Å²) >= 11 is 6.47. The second-order valence-corrected chi connectivity index (χ2v) is 7.72. The fourth-order valence-corrected chi connectivity index (χ4v) is 4.63. The molecule has 1 unspecified atom stereocenters. The molecule has 3 atom stereocenters. The summed E-state index contributed by atoms with van der Waals surface area (Å²) in [6.07, 6.45) is 0.648. The van der Waals surface area contributed by atoms with E-state index in [1.807, 2.05) is 6.92 Å². The van der Waals surface area contributed by atoms with Crippen molar-refractivity contribution in [3.8, 4) is 17.2 Å². The number of fused-ring (bicyclic) bond motifs is 2. The van der Waals surface area contributed by atoms with Gasteiger partial charge in [-0.05, 0) is 13.3 Å². The molecular weight excluding hydrogens is 400 g/mol. The van der Waals surface area contributed by atoms with Crippen molar-refractivity contribution in [2.45, 2.75) is 45.0 Å². The van der Waals surface area contributed by atoms with Crippen molar-refractivity contribution in [1.29, 1.82) is 0 Å². The number of hydrogen-bond acceptors (Lipinski definition) is 7. The highest BCUT2D eigenvalue weighted by atomic mass is 35.5. The molecule has 7 nitrogen and oxygen atoms in total. The zero-order valence-electron chi connectivity index (χ0n) is 16.8. The normalized spacial score (nSPS) is 28.0. The highest BCUT2D eigenvalue weighted by Gasteiger charge is 2.62. The molecular formula is C21H23ClO7. The monoisotopic (exact) mass is 422 g/mol. The SMILES string of the molecule is CCOC1CCC2=C(O1)[C@@]1(Oc3c(Cl)c(OC)cc(OC)c3C1=O)[C@H](C)CC2=O. The Labute approximate surface area is 173 Å². The van der Waals surface area contributed by atoms with Gasteiger partial charge in [0.15, 0.2) is 23.6 Å². The molecule has 2 aliphatic heterocycles. The number of carbonyl (C=O) groups excluding carboxylic acids is 2. The van der Waals surface area contributed by atoms with Gasteiger partial charge in [0.2, 0.25) is 11.4 Å². The maximum absolute atomic E-state index is 13.8. The van der Waals surface area contributed by atoms with E-state index in [-0.39, 0.29) is 40.1 Å². The molecule has 1 aliphatic carbocycles. The third-order valence-electron chi connectivity index (χ3n) is 5.78. The predicted molar refractivity (Wildman–Crippen MR) is 104 cm³/mol. The van der Waals surface area contributed by atoms with Crippen LogP contribution >= 0.6 is 11.6 Å². The average Bonchev–Trinajstić information content (AvgIpc) is 3.02. The molecule has 1 aromatic rings. The van der Waals surface area contributed by atoms with Crippen LogP contribution < -0.4 is 14.2 Å². The maximum Gasteiger partial charge on any atom is 0.231 e. The lowest BCUT2D eigenvalue weighted by atomic mass is 9.71. The molecule has 0 N–H and O–H groups in total. The van der Waals surface area contributed by atoms with Crippen LogP contribution in [-0.2, 0) is 14.3 Å². The number of rotatable bonds is 4. The fraction of sp³-hybridized carbons (Fsp3) is 0.524. The highest BCUT2D eigenvalue weighted by Crippen LogP contribution is 2.56. The van der Waals surface area contributed by atoms with E-state index < -0.39 is 17.8 Å². The summed E-state index contributed by atoms with van der Waals surface area (Å²) in [6.45, 7) is 4.12. The van der Waals surface area contributed by atoms with Gasteiger partial charge < -0.3 is 23.7 Å². The Bertz CT molecular complexity index is 922. The minimum atomic E-state index is -1.48. The van der Waals surface area contributed by atoms with Crippen molar-refractivity contribution in [3.63, 3.8) is 0 Å². The van der Waals surface area contributed by atoms with E-state index in [9.17, 15) is 9.59 Å². The van der Waals surface area contributed by atoms with Crippen LogP contribution in [0, 0.1) is 5.92 Å². The lowest BCUT2D eigenvalue weighted by Crippen LogP contribution is -2.54. The maximum atomic E-state index is 13.8. The van der Waals surface area contributed by atoms with Crippen LogP contribution in [-0.4, -0.2) is 44.3 Å². The molecule has 8 heteroatoms. The minimum Gasteiger partial charge on any atom is -0.496 e. The van der Waals surface area contributed by atoms with Crippen LogP contribution in [0.25, 0.3) is 0 Å². The van der Waals surface area contributed by atoms with Gasteiger partial charge in [0.1, 0.15) is 22.1 Å². The number of hydrogen-bond donors (Lipinski definition) is 0. The van der Waals surface area contributed by atoms with E-state index in [1.165, 1.54) is 14.2 Å². The smallest absolute Gasteiger partial charge is 0.231 e. The molecule has 4 rings (SSSR count). The Morgan fingerprint density at radius 3 is 2.62 bits per heavy atom.